The summed E-state index contributed by atoms with van der Waals surface area (Å²) < 4.78 is 1.69. The van der Waals surface area contributed by atoms with Crippen molar-refractivity contribution in [2.45, 2.75) is 13.0 Å². The molecule has 0 aliphatic carbocycles. The quantitative estimate of drug-likeness (QED) is 0.818. The third-order valence-electron chi connectivity index (χ3n) is 2.08. The highest BCUT2D eigenvalue weighted by molar-refractivity contribution is 7.10. The molecule has 2 aromatic heterocycles. The monoisotopic (exact) mass is 208 g/mol. The fourth-order valence-corrected chi connectivity index (χ4v) is 2.08. The molecule has 4 heteroatoms. The summed E-state index contributed by atoms with van der Waals surface area (Å²) in [4.78, 5) is 1.20. The van der Waals surface area contributed by atoms with Crippen molar-refractivity contribution < 1.29 is 5.11 Å². The molecule has 0 aromatic carbocycles. The topological polar surface area (TPSA) is 38.0 Å². The highest BCUT2D eigenvalue weighted by Crippen LogP contribution is 2.24. The Morgan fingerprint density at radius 3 is 2.86 bits per heavy atom. The van der Waals surface area contributed by atoms with Crippen molar-refractivity contribution in [3.8, 4) is 0 Å². The van der Waals surface area contributed by atoms with E-state index in [1.165, 1.54) is 4.88 Å². The van der Waals surface area contributed by atoms with Gasteiger partial charge >= 0.3 is 0 Å². The molecule has 0 fully saturated rings. The zero-order valence-electron chi connectivity index (χ0n) is 8.14. The maximum absolute atomic E-state index is 9.95. The molecule has 74 valence electrons. The molecule has 2 aromatic rings. The van der Waals surface area contributed by atoms with Crippen LogP contribution in [0.25, 0.3) is 0 Å². The van der Waals surface area contributed by atoms with Gasteiger partial charge in [0.2, 0.25) is 0 Å². The Labute approximate surface area is 86.6 Å². The predicted molar refractivity (Wildman–Crippen MR) is 56.3 cm³/mol. The molecular weight excluding hydrogens is 196 g/mol. The van der Waals surface area contributed by atoms with Crippen molar-refractivity contribution in [2.75, 3.05) is 0 Å². The average molecular weight is 208 g/mol. The van der Waals surface area contributed by atoms with Gasteiger partial charge in [-0.1, -0.05) is 0 Å². The van der Waals surface area contributed by atoms with Gasteiger partial charge in [0.15, 0.2) is 0 Å². The lowest BCUT2D eigenvalue weighted by molar-refractivity contribution is 0.215. The first kappa shape index (κ1) is 9.43. The number of aliphatic hydroxyl groups is 1. The molecular formula is C10H12N2OS. The van der Waals surface area contributed by atoms with Crippen LogP contribution in [0.1, 0.15) is 22.2 Å². The van der Waals surface area contributed by atoms with Crippen LogP contribution < -0.4 is 0 Å². The van der Waals surface area contributed by atoms with Crippen molar-refractivity contribution in [1.82, 2.24) is 9.78 Å². The molecule has 2 heterocycles. The second-order valence-electron chi connectivity index (χ2n) is 3.31. The number of nitrogens with zero attached hydrogens (tertiary/aromatic N) is 2. The number of rotatable bonds is 2. The fraction of sp³-hybridized carbons (Fsp3) is 0.300. The number of aliphatic hydroxyl groups excluding tert-OH is 1. The third kappa shape index (κ3) is 1.71. The van der Waals surface area contributed by atoms with Gasteiger partial charge in [-0.05, 0) is 30.0 Å². The lowest BCUT2D eigenvalue weighted by Gasteiger charge is -2.04. The molecule has 0 saturated carbocycles. The molecule has 1 atom stereocenters. The molecule has 0 aliphatic rings. The number of aromatic nitrogens is 2. The van der Waals surface area contributed by atoms with Crippen molar-refractivity contribution in [3.05, 3.63) is 39.8 Å². The van der Waals surface area contributed by atoms with E-state index in [0.29, 0.717) is 5.69 Å². The number of hydrogen-bond donors (Lipinski definition) is 1. The van der Waals surface area contributed by atoms with Crippen LogP contribution in [-0.4, -0.2) is 14.9 Å². The zero-order valence-corrected chi connectivity index (χ0v) is 8.95. The second kappa shape index (κ2) is 3.55. The lowest BCUT2D eigenvalue weighted by Crippen LogP contribution is -2.00. The Balaban J connectivity index is 2.28. The third-order valence-corrected chi connectivity index (χ3v) is 2.96. The van der Waals surface area contributed by atoms with Crippen LogP contribution >= 0.6 is 11.3 Å². The normalized spacial score (nSPS) is 13.1. The SMILES string of the molecule is Cc1cc(C(O)c2ccn(C)n2)cs1. The van der Waals surface area contributed by atoms with Gasteiger partial charge < -0.3 is 5.11 Å². The number of hydrogen-bond acceptors (Lipinski definition) is 3. The van der Waals surface area contributed by atoms with Crippen LogP contribution in [0.5, 0.6) is 0 Å². The van der Waals surface area contributed by atoms with Gasteiger partial charge in [-0.25, -0.2) is 0 Å². The minimum absolute atomic E-state index is 0.596. The van der Waals surface area contributed by atoms with E-state index in [1.54, 1.807) is 16.0 Å². The van der Waals surface area contributed by atoms with Crippen LogP contribution in [0.15, 0.2) is 23.7 Å². The fourth-order valence-electron chi connectivity index (χ4n) is 1.36. The summed E-state index contributed by atoms with van der Waals surface area (Å²) in [7, 11) is 1.84. The molecule has 1 unspecified atom stereocenters. The molecule has 0 amide bonds. The number of aryl methyl sites for hydroxylation is 2. The highest BCUT2D eigenvalue weighted by atomic mass is 32.1. The maximum Gasteiger partial charge on any atom is 0.124 e. The van der Waals surface area contributed by atoms with E-state index in [1.807, 2.05) is 37.7 Å². The molecule has 0 aliphatic heterocycles. The van der Waals surface area contributed by atoms with Gasteiger partial charge in [0, 0.05) is 18.1 Å². The summed E-state index contributed by atoms with van der Waals surface area (Å²) >= 11 is 1.64. The van der Waals surface area contributed by atoms with Crippen molar-refractivity contribution >= 4 is 11.3 Å². The van der Waals surface area contributed by atoms with Crippen LogP contribution in [0, 0.1) is 6.92 Å². The second-order valence-corrected chi connectivity index (χ2v) is 4.42. The summed E-state index contributed by atoms with van der Waals surface area (Å²) in [5.41, 5.74) is 1.62. The van der Waals surface area contributed by atoms with Gasteiger partial charge in [-0.15, -0.1) is 11.3 Å². The van der Waals surface area contributed by atoms with Crippen molar-refractivity contribution in [3.63, 3.8) is 0 Å². The number of thiophene rings is 1. The van der Waals surface area contributed by atoms with E-state index < -0.39 is 6.10 Å². The van der Waals surface area contributed by atoms with Gasteiger partial charge in [0.1, 0.15) is 6.10 Å². The smallest absolute Gasteiger partial charge is 0.124 e. The van der Waals surface area contributed by atoms with Gasteiger partial charge in [0.25, 0.3) is 0 Å². The van der Waals surface area contributed by atoms with E-state index in [0.717, 1.165) is 5.56 Å². The molecule has 3 nitrogen and oxygen atoms in total. The van der Waals surface area contributed by atoms with E-state index in [2.05, 4.69) is 5.10 Å². The highest BCUT2D eigenvalue weighted by Gasteiger charge is 2.13. The van der Waals surface area contributed by atoms with E-state index in [4.69, 9.17) is 0 Å². The summed E-state index contributed by atoms with van der Waals surface area (Å²) in [6.45, 7) is 2.03. The van der Waals surface area contributed by atoms with Gasteiger partial charge in [-0.3, -0.25) is 4.68 Å². The Bertz CT molecular complexity index is 393. The van der Waals surface area contributed by atoms with E-state index >= 15 is 0 Å². The first-order valence-corrected chi connectivity index (χ1v) is 5.27. The standard InChI is InChI=1S/C10H12N2OS/c1-7-5-8(6-14-7)10(13)9-3-4-12(2)11-9/h3-6,10,13H,1-2H3. The zero-order chi connectivity index (χ0) is 10.1. The minimum Gasteiger partial charge on any atom is -0.382 e. The summed E-state index contributed by atoms with van der Waals surface area (Å²) in [6.07, 6.45) is 1.23. The average Bonchev–Trinajstić information content (AvgIpc) is 2.73. The predicted octanol–water partition coefficient (Wildman–Crippen LogP) is 1.87. The summed E-state index contributed by atoms with van der Waals surface area (Å²) in [5, 5.41) is 16.1. The Hall–Kier alpha value is -1.13. The lowest BCUT2D eigenvalue weighted by atomic mass is 10.1. The molecule has 0 bridgehead atoms. The molecule has 1 N–H and O–H groups in total. The maximum atomic E-state index is 9.95. The van der Waals surface area contributed by atoms with Crippen LogP contribution in [0.2, 0.25) is 0 Å². The Kier molecular flexibility index (Phi) is 2.39. The molecule has 2 rings (SSSR count). The van der Waals surface area contributed by atoms with Crippen LogP contribution in [0.4, 0.5) is 0 Å². The van der Waals surface area contributed by atoms with Crippen molar-refractivity contribution in [2.24, 2.45) is 7.05 Å². The molecule has 0 saturated heterocycles. The largest absolute Gasteiger partial charge is 0.382 e. The van der Waals surface area contributed by atoms with Crippen LogP contribution in [0.3, 0.4) is 0 Å². The van der Waals surface area contributed by atoms with Gasteiger partial charge in [-0.2, -0.15) is 5.10 Å². The summed E-state index contributed by atoms with van der Waals surface area (Å²) in [5.74, 6) is 0. The minimum atomic E-state index is -0.596. The van der Waals surface area contributed by atoms with Crippen LogP contribution in [-0.2, 0) is 7.05 Å². The first-order valence-electron chi connectivity index (χ1n) is 4.39. The molecule has 14 heavy (non-hydrogen) atoms. The van der Waals surface area contributed by atoms with E-state index in [9.17, 15) is 5.11 Å². The summed E-state index contributed by atoms with van der Waals surface area (Å²) in [6, 6.07) is 3.82. The Morgan fingerprint density at radius 2 is 2.36 bits per heavy atom. The molecule has 0 spiro atoms. The van der Waals surface area contributed by atoms with Gasteiger partial charge in [0.05, 0.1) is 5.69 Å². The van der Waals surface area contributed by atoms with Crippen molar-refractivity contribution in [1.29, 1.82) is 0 Å². The Morgan fingerprint density at radius 1 is 1.57 bits per heavy atom. The molecule has 0 radical (unpaired) electrons. The first-order chi connectivity index (χ1) is 6.66. The van der Waals surface area contributed by atoms with E-state index in [-0.39, 0.29) is 0 Å².